The van der Waals surface area contributed by atoms with Gasteiger partial charge >= 0.3 is 202 Å². The summed E-state index contributed by atoms with van der Waals surface area (Å²) in [4.78, 5) is 61.9. The standard InChI is InChI=1S/C50H56N3O11S2.C45H53N2O.CO2.5Na.4O3S/c1-49(2)39-20-10-11-21-41(39)51(32-13-14-33-65(57,58)59)43(49)27-23-35-16-15-17-36(48(35)63-37-18-7-5-8-19-37)24-28-44-50(3,4)40-34-38(66(60,61)62)25-26-42(40)52(44)31-12-6-9-22-47(56)64-53-45(54)29-30-46(53)55;1-7-10-33-47-39-25-16-14-23-37(39)44(4,5)41(47)29-27-34-19-18-20-35(43(34)48-36-21-12-11-13-22-36)28-30-42-45(6,31-8-2)38-24-15-17-26-40(38)46(42)32-9-3;2-1-3;;;;;;4*1-4(2)3/h7-8,11,18-21,23-28,34H,6,9,12-17,22,29-33H2,1-4H3,(H,57,58,59)(H,60,61,62);12-17,21-30H,3,7-10,18-20,31-33H2,1-2,4-6H3;;;;;;;;;;/q2*-1;;5*+1;;;;/p-2. The zero-order valence-corrected chi connectivity index (χ0v) is 95.2. The molecule has 31 nitrogen and oxygen atoms in total. The summed E-state index contributed by atoms with van der Waals surface area (Å²) in [6.07, 6.45) is 31.2. The quantitative estimate of drug-likeness (QED) is 0.0137. The zero-order valence-electron chi connectivity index (χ0n) is 80.3. The van der Waals surface area contributed by atoms with E-state index < -0.39 is 97.0 Å². The Labute approximate surface area is 925 Å². The Morgan fingerprint density at radius 3 is 1.43 bits per heavy atom. The summed E-state index contributed by atoms with van der Waals surface area (Å²) in [5, 5.41) is 0.547. The van der Waals surface area contributed by atoms with Crippen LogP contribution in [0.4, 0.5) is 22.7 Å². The van der Waals surface area contributed by atoms with Crippen molar-refractivity contribution in [3.05, 3.63) is 275 Å². The number of imide groups is 1. The molecular formula is C96H107N5Na5O26S6+. The minimum atomic E-state index is -4.74. The molecule has 2 aliphatic carbocycles. The maximum Gasteiger partial charge on any atom is 1.00 e. The number of hydroxylamine groups is 2. The molecule has 2 amide bonds. The number of unbranched alkanes of at least 4 members (excludes halogenated alkanes) is 4. The van der Waals surface area contributed by atoms with Crippen molar-refractivity contribution in [1.82, 2.24) is 5.06 Å². The molecule has 0 radical (unpaired) electrons. The topological polar surface area (TPSA) is 448 Å². The molecule has 42 heteroatoms. The molecule has 0 bridgehead atoms. The number of amides is 2. The van der Waals surface area contributed by atoms with E-state index in [0.29, 0.717) is 67.3 Å². The van der Waals surface area contributed by atoms with E-state index in [1.165, 1.54) is 63.6 Å². The van der Waals surface area contributed by atoms with Gasteiger partial charge in [-0.25, -0.2) is 26.2 Å². The van der Waals surface area contributed by atoms with Gasteiger partial charge in [-0.2, -0.15) is 75.2 Å². The Hall–Kier alpha value is -6.93. The van der Waals surface area contributed by atoms with Crippen LogP contribution in [0.15, 0.2) is 232 Å². The number of rotatable bonds is 30. The summed E-state index contributed by atoms with van der Waals surface area (Å²) in [5.41, 5.74) is 16.8. The van der Waals surface area contributed by atoms with Crippen molar-refractivity contribution in [2.45, 2.75) is 211 Å². The van der Waals surface area contributed by atoms with Crippen LogP contribution >= 0.6 is 0 Å². The van der Waals surface area contributed by atoms with Gasteiger partial charge in [0.15, 0.2) is 11.4 Å². The van der Waals surface area contributed by atoms with Crippen molar-refractivity contribution in [2.24, 2.45) is 0 Å². The van der Waals surface area contributed by atoms with E-state index in [-0.39, 0.29) is 195 Å². The molecule has 1 fully saturated rings. The number of ether oxygens (including phenoxy) is 2. The molecule has 0 saturated carbocycles. The van der Waals surface area contributed by atoms with Gasteiger partial charge in [0.1, 0.15) is 40.4 Å². The van der Waals surface area contributed by atoms with Crippen LogP contribution in [0.3, 0.4) is 0 Å². The number of allylic oxidation sites excluding steroid dienone is 14. The first-order valence-electron chi connectivity index (χ1n) is 42.9. The van der Waals surface area contributed by atoms with Crippen molar-refractivity contribution in [3.63, 3.8) is 0 Å². The van der Waals surface area contributed by atoms with E-state index in [1.54, 1.807) is 18.2 Å². The fourth-order valence-corrected chi connectivity index (χ4v) is 18.4. The third kappa shape index (κ3) is 36.4. The van der Waals surface area contributed by atoms with Gasteiger partial charge in [-0.15, -0.1) is 85.9 Å². The van der Waals surface area contributed by atoms with Gasteiger partial charge in [-0.3, -0.25) is 9.59 Å². The molecule has 5 aliphatic heterocycles. The minimum Gasteiger partial charge on any atom is -0.748 e. The third-order valence-electron chi connectivity index (χ3n) is 23.2. The van der Waals surface area contributed by atoms with Crippen molar-refractivity contribution in [1.29, 1.82) is 0 Å². The first-order valence-corrected chi connectivity index (χ1v) is 49.9. The summed E-state index contributed by atoms with van der Waals surface area (Å²) in [6.45, 7) is 27.2. The molecule has 712 valence electrons. The van der Waals surface area contributed by atoms with E-state index in [0.717, 1.165) is 122 Å². The van der Waals surface area contributed by atoms with Crippen molar-refractivity contribution in [3.8, 4) is 11.5 Å². The molecule has 7 aliphatic rings. The molecule has 6 aromatic rings. The summed E-state index contributed by atoms with van der Waals surface area (Å²) in [5.74, 6) is 1.02. The van der Waals surface area contributed by atoms with Gasteiger partial charge < -0.3 is 40.1 Å². The number of nitrogens with zero attached hydrogens (tertiary/aromatic N) is 5. The fraction of sp³-hybridized carbons (Fsp3) is 0.385. The van der Waals surface area contributed by atoms with Crippen LogP contribution in [0.1, 0.15) is 207 Å². The number of carbonyl (C=O) groups excluding carboxylic acids is 5. The van der Waals surface area contributed by atoms with Crippen LogP contribution in [0, 0.1) is 25.1 Å². The second-order valence-electron chi connectivity index (χ2n) is 33.1. The third-order valence-corrected chi connectivity index (χ3v) is 24.8. The summed E-state index contributed by atoms with van der Waals surface area (Å²) < 4.78 is 190. The molecular weight excluding hydrogens is 1950 g/mol. The molecule has 6 aromatic carbocycles. The van der Waals surface area contributed by atoms with Crippen molar-refractivity contribution in [2.75, 3.05) is 41.7 Å². The predicted octanol–water partition coefficient (Wildman–Crippen LogP) is -0.490. The van der Waals surface area contributed by atoms with E-state index in [2.05, 4.69) is 178 Å². The number of anilines is 2. The van der Waals surface area contributed by atoms with Crippen LogP contribution in [-0.4, -0.2) is 158 Å². The first-order chi connectivity index (χ1) is 62.9. The summed E-state index contributed by atoms with van der Waals surface area (Å²) in [7, 11) is -21.5. The number of carbonyl (C=O) groups is 3. The summed E-state index contributed by atoms with van der Waals surface area (Å²) in [6, 6.07) is 52.7. The van der Waals surface area contributed by atoms with E-state index in [9.17, 15) is 40.3 Å². The average Bonchev–Trinajstić information content (AvgIpc) is 1.59. The molecule has 138 heavy (non-hydrogen) atoms. The van der Waals surface area contributed by atoms with Gasteiger partial charge in [-0.1, -0.05) is 115 Å². The number of hydrogen-bond acceptors (Lipinski definition) is 28. The molecule has 0 spiro atoms. The summed E-state index contributed by atoms with van der Waals surface area (Å²) >= 11 is 0. The maximum absolute atomic E-state index is 12.5. The van der Waals surface area contributed by atoms with Crippen LogP contribution in [0.2, 0.25) is 0 Å². The Balaban J connectivity index is 0.000000785. The first kappa shape index (κ1) is 127. The zero-order chi connectivity index (χ0) is 98.2. The number of benzene rings is 6. The average molecular weight is 2050 g/mol. The van der Waals surface area contributed by atoms with Gasteiger partial charge in [-0.05, 0) is 174 Å². The number of hydrogen-bond donors (Lipinski definition) is 0. The number of para-hydroxylation sites is 2. The van der Waals surface area contributed by atoms with Gasteiger partial charge in [0.2, 0.25) is 5.69 Å². The SMILES string of the molecule is CC1(C)C(=CC=C2CCCC(C=CC3=[N+](CCCCS(=O)(=O)[O-])c4cc[c-]cc4C3(C)C)=C2Oc2cc[c-]cc2)N(CCCCCC(=O)ON2C(=O)CCC2=O)c2ccc(S(=O)(=O)[O-])cc21.O=C=O.O=S(=O)=O.O=S(=O)=O.O=S(=O)=O.O=S(=O)=O.[CH2-]CCN1/C(=C/C=C2\CCCC(/C=C/C3=[N+](CCCC)c4ccccc4C3(C)C)=C2Oc2cc[c-]cc2)C(C)(CCC)c2ccccc21.[Na+].[Na+].[Na+].[Na+].[Na+]. The molecule has 0 aromatic heterocycles. The Kier molecular flexibility index (Phi) is 55.8. The molecule has 0 N–H and O–H groups in total. The van der Waals surface area contributed by atoms with E-state index in [1.807, 2.05) is 80.6 Å². The molecule has 1 unspecified atom stereocenters. The fourth-order valence-electron chi connectivity index (χ4n) is 17.3. The van der Waals surface area contributed by atoms with Gasteiger partial charge in [0, 0.05) is 119 Å². The van der Waals surface area contributed by atoms with Crippen molar-refractivity contribution < 1.29 is 272 Å². The minimum absolute atomic E-state index is 0. The second-order valence-corrected chi connectivity index (χ2v) is 37.7. The van der Waals surface area contributed by atoms with Crippen LogP contribution in [-0.2, 0) is 113 Å². The normalized spacial score (nSPS) is 17.7. The Morgan fingerprint density at radius 2 is 0.949 bits per heavy atom. The predicted molar refractivity (Wildman–Crippen MR) is 490 cm³/mol. The van der Waals surface area contributed by atoms with Gasteiger partial charge in [0.25, 0.3) is 11.8 Å². The second kappa shape index (κ2) is 60.6. The monoisotopic (exact) mass is 2050 g/mol. The van der Waals surface area contributed by atoms with Gasteiger partial charge in [0.05, 0.1) is 20.4 Å². The van der Waals surface area contributed by atoms with E-state index >= 15 is 0 Å². The smallest absolute Gasteiger partial charge is 0.748 e. The van der Waals surface area contributed by atoms with Crippen LogP contribution in [0.25, 0.3) is 0 Å². The number of fused-ring (bicyclic) bond motifs is 4. The Morgan fingerprint density at radius 1 is 0.500 bits per heavy atom. The maximum atomic E-state index is 12.5. The molecule has 5 heterocycles. The van der Waals surface area contributed by atoms with Crippen LogP contribution < -0.4 is 167 Å². The molecule has 1 atom stereocenters. The van der Waals surface area contributed by atoms with E-state index in [4.69, 9.17) is 74.4 Å². The van der Waals surface area contributed by atoms with Crippen LogP contribution in [0.5, 0.6) is 11.5 Å². The largest absolute Gasteiger partial charge is 1.00 e. The molecule has 1 saturated heterocycles. The Bertz CT molecular complexity index is 6250. The van der Waals surface area contributed by atoms with Crippen molar-refractivity contribution >= 4 is 121 Å². The molecule has 13 rings (SSSR count).